The van der Waals surface area contributed by atoms with Crippen molar-refractivity contribution in [1.29, 1.82) is 0 Å². The lowest BCUT2D eigenvalue weighted by molar-refractivity contribution is 0.0847. The lowest BCUT2D eigenvalue weighted by Gasteiger charge is -2.36. The summed E-state index contributed by atoms with van der Waals surface area (Å²) in [5.74, 6) is 0.765. The first-order valence-corrected chi connectivity index (χ1v) is 12.4. The van der Waals surface area contributed by atoms with Crippen LogP contribution in [-0.4, -0.2) is 35.8 Å². The average molecular weight is 466 g/mol. The molecule has 7 heteroatoms. The molecular weight excluding hydrogens is 426 g/mol. The van der Waals surface area contributed by atoms with Gasteiger partial charge in [-0.05, 0) is 69.0 Å². The van der Waals surface area contributed by atoms with Gasteiger partial charge in [-0.3, -0.25) is 4.79 Å². The molecule has 2 aromatic heterocycles. The van der Waals surface area contributed by atoms with Crippen LogP contribution in [0.5, 0.6) is 0 Å². The van der Waals surface area contributed by atoms with Gasteiger partial charge in [-0.1, -0.05) is 13.8 Å². The Labute approximate surface area is 202 Å². The molecule has 4 N–H and O–H groups in total. The first kappa shape index (κ1) is 25.7. The monoisotopic (exact) mass is 465 g/mol. The molecular formula is C27H39N5O2. The van der Waals surface area contributed by atoms with Crippen LogP contribution < -0.4 is 21.5 Å². The standard InChI is InChI=1S/C25H33N5O2.C2H6/c1-4-30(19-6-9-32-10-7-19)23-13-18(14-26)12-21-20(23)5-8-27-24(21)28-15-22-16(2)11-17(3)29-25(22)31;1-2/h5,8,11-13,19H,4,6-7,9-10,14-15,26H2,1-3H3,(H,27,28)(H,29,31);1-2H3. The first-order chi connectivity index (χ1) is 16.5. The van der Waals surface area contributed by atoms with Gasteiger partial charge in [0.05, 0.1) is 0 Å². The summed E-state index contributed by atoms with van der Waals surface area (Å²) >= 11 is 0. The van der Waals surface area contributed by atoms with Gasteiger partial charge in [0.1, 0.15) is 5.82 Å². The fraction of sp³-hybridized carbons (Fsp3) is 0.481. The van der Waals surface area contributed by atoms with E-state index in [2.05, 4.69) is 45.3 Å². The number of rotatable bonds is 7. The number of hydrogen-bond acceptors (Lipinski definition) is 6. The maximum atomic E-state index is 12.5. The molecule has 1 saturated heterocycles. The second-order valence-electron chi connectivity index (χ2n) is 8.50. The Kier molecular flexibility index (Phi) is 9.07. The van der Waals surface area contributed by atoms with Gasteiger partial charge in [0.25, 0.3) is 5.56 Å². The third kappa shape index (κ3) is 5.59. The molecule has 0 atom stereocenters. The van der Waals surface area contributed by atoms with Crippen molar-refractivity contribution in [2.24, 2.45) is 5.73 Å². The Balaban J connectivity index is 0.00000158. The van der Waals surface area contributed by atoms with Crippen molar-refractivity contribution in [2.75, 3.05) is 30.0 Å². The lowest BCUT2D eigenvalue weighted by atomic mass is 10.0. The van der Waals surface area contributed by atoms with E-state index in [9.17, 15) is 4.79 Å². The van der Waals surface area contributed by atoms with Crippen molar-refractivity contribution in [2.45, 2.75) is 66.6 Å². The highest BCUT2D eigenvalue weighted by Gasteiger charge is 2.23. The van der Waals surface area contributed by atoms with Crippen LogP contribution in [0.4, 0.5) is 11.5 Å². The van der Waals surface area contributed by atoms with Crippen LogP contribution in [0, 0.1) is 13.8 Å². The molecule has 0 radical (unpaired) electrons. The van der Waals surface area contributed by atoms with Crippen molar-refractivity contribution in [1.82, 2.24) is 9.97 Å². The van der Waals surface area contributed by atoms with E-state index in [0.717, 1.165) is 71.6 Å². The van der Waals surface area contributed by atoms with Crippen LogP contribution in [0.3, 0.4) is 0 Å². The van der Waals surface area contributed by atoms with Gasteiger partial charge in [0.2, 0.25) is 0 Å². The average Bonchev–Trinajstić information content (AvgIpc) is 2.85. The van der Waals surface area contributed by atoms with E-state index in [0.29, 0.717) is 19.1 Å². The molecule has 3 heterocycles. The number of pyridine rings is 2. The summed E-state index contributed by atoms with van der Waals surface area (Å²) in [6.07, 6.45) is 3.88. The molecule has 4 rings (SSSR count). The Hall–Kier alpha value is -2.90. The van der Waals surface area contributed by atoms with Crippen LogP contribution in [0.1, 0.15) is 56.0 Å². The maximum Gasteiger partial charge on any atom is 0.253 e. The minimum atomic E-state index is -0.0600. The quantitative estimate of drug-likeness (QED) is 0.470. The van der Waals surface area contributed by atoms with E-state index in [1.165, 1.54) is 5.69 Å². The summed E-state index contributed by atoms with van der Waals surface area (Å²) in [7, 11) is 0. The number of nitrogens with two attached hydrogens (primary N) is 1. The molecule has 1 aliphatic rings. The molecule has 0 saturated carbocycles. The van der Waals surface area contributed by atoms with E-state index >= 15 is 0 Å². The normalized spacial score (nSPS) is 13.9. The van der Waals surface area contributed by atoms with Crippen molar-refractivity contribution in [3.63, 3.8) is 0 Å². The Bertz CT molecular complexity index is 1150. The molecule has 0 unspecified atom stereocenters. The third-order valence-electron chi connectivity index (χ3n) is 6.36. The number of benzene rings is 1. The Morgan fingerprint density at radius 3 is 2.56 bits per heavy atom. The fourth-order valence-corrected chi connectivity index (χ4v) is 4.71. The largest absolute Gasteiger partial charge is 0.381 e. The molecule has 1 fully saturated rings. The van der Waals surface area contributed by atoms with Crippen LogP contribution in [0.25, 0.3) is 10.8 Å². The summed E-state index contributed by atoms with van der Waals surface area (Å²) < 4.78 is 5.59. The highest BCUT2D eigenvalue weighted by atomic mass is 16.5. The van der Waals surface area contributed by atoms with Gasteiger partial charge in [-0.2, -0.15) is 0 Å². The molecule has 0 amide bonds. The number of ether oxygens (including phenoxy) is 1. The zero-order chi connectivity index (χ0) is 24.7. The highest BCUT2D eigenvalue weighted by Crippen LogP contribution is 2.34. The zero-order valence-corrected chi connectivity index (χ0v) is 21.2. The van der Waals surface area contributed by atoms with E-state index < -0.39 is 0 Å². The molecule has 3 aromatic rings. The van der Waals surface area contributed by atoms with E-state index in [1.807, 2.05) is 40.0 Å². The minimum absolute atomic E-state index is 0.0600. The maximum absolute atomic E-state index is 12.5. The summed E-state index contributed by atoms with van der Waals surface area (Å²) in [6.45, 7) is 13.4. The number of aromatic nitrogens is 2. The summed E-state index contributed by atoms with van der Waals surface area (Å²) in [4.78, 5) is 22.4. The van der Waals surface area contributed by atoms with Crippen molar-refractivity contribution >= 4 is 22.3 Å². The van der Waals surface area contributed by atoms with Crippen LogP contribution in [0.15, 0.2) is 35.3 Å². The van der Waals surface area contributed by atoms with Crippen LogP contribution in [-0.2, 0) is 17.8 Å². The van der Waals surface area contributed by atoms with Crippen LogP contribution in [0.2, 0.25) is 0 Å². The summed E-state index contributed by atoms with van der Waals surface area (Å²) in [5, 5.41) is 5.58. The number of aromatic amines is 1. The van der Waals surface area contributed by atoms with Gasteiger partial charge in [0, 0.05) is 72.8 Å². The number of hydrogen-bond donors (Lipinski definition) is 3. The number of H-pyrrole nitrogens is 1. The lowest BCUT2D eigenvalue weighted by Crippen LogP contribution is -2.39. The van der Waals surface area contributed by atoms with Gasteiger partial charge in [0.15, 0.2) is 0 Å². The van der Waals surface area contributed by atoms with Crippen molar-refractivity contribution < 1.29 is 4.74 Å². The zero-order valence-electron chi connectivity index (χ0n) is 21.2. The summed E-state index contributed by atoms with van der Waals surface area (Å²) in [5.41, 5.74) is 10.8. The second-order valence-corrected chi connectivity index (χ2v) is 8.50. The minimum Gasteiger partial charge on any atom is -0.381 e. The number of aryl methyl sites for hydroxylation is 2. The number of nitrogens with one attached hydrogen (secondary N) is 2. The Morgan fingerprint density at radius 2 is 1.91 bits per heavy atom. The first-order valence-electron chi connectivity index (χ1n) is 12.4. The number of fused-ring (bicyclic) bond motifs is 1. The van der Waals surface area contributed by atoms with Gasteiger partial charge < -0.3 is 25.7 Å². The van der Waals surface area contributed by atoms with Gasteiger partial charge in [-0.25, -0.2) is 4.98 Å². The molecule has 7 nitrogen and oxygen atoms in total. The predicted molar refractivity (Wildman–Crippen MR) is 142 cm³/mol. The van der Waals surface area contributed by atoms with Gasteiger partial charge >= 0.3 is 0 Å². The molecule has 0 aliphatic carbocycles. The van der Waals surface area contributed by atoms with Crippen molar-refractivity contribution in [3.05, 3.63) is 63.2 Å². The second kappa shape index (κ2) is 12.0. The predicted octanol–water partition coefficient (Wildman–Crippen LogP) is 4.64. The molecule has 1 aromatic carbocycles. The summed E-state index contributed by atoms with van der Waals surface area (Å²) in [6, 6.07) is 8.83. The topological polar surface area (TPSA) is 96.3 Å². The number of nitrogens with zero attached hydrogens (tertiary/aromatic N) is 2. The molecule has 34 heavy (non-hydrogen) atoms. The smallest absolute Gasteiger partial charge is 0.253 e. The fourth-order valence-electron chi connectivity index (χ4n) is 4.71. The molecule has 0 spiro atoms. The Morgan fingerprint density at radius 1 is 1.18 bits per heavy atom. The highest BCUT2D eigenvalue weighted by molar-refractivity contribution is 6.01. The molecule has 184 valence electrons. The van der Waals surface area contributed by atoms with Gasteiger partial charge in [-0.15, -0.1) is 0 Å². The van der Waals surface area contributed by atoms with E-state index in [1.54, 1.807) is 0 Å². The number of anilines is 2. The molecule has 1 aliphatic heterocycles. The third-order valence-corrected chi connectivity index (χ3v) is 6.36. The van der Waals surface area contributed by atoms with Crippen LogP contribution >= 0.6 is 0 Å². The van der Waals surface area contributed by atoms with E-state index in [4.69, 9.17) is 10.5 Å². The van der Waals surface area contributed by atoms with E-state index in [-0.39, 0.29) is 5.56 Å². The molecule has 0 bridgehead atoms. The van der Waals surface area contributed by atoms with Crippen molar-refractivity contribution in [3.8, 4) is 0 Å². The SMILES string of the molecule is CC.CCN(c1cc(CN)cc2c(NCc3c(C)cc(C)[nH]c3=O)nccc12)C1CCOCC1.